The molecular formula is C63H65BN2. The van der Waals surface area contributed by atoms with Crippen molar-refractivity contribution in [2.45, 2.75) is 111 Å². The van der Waals surface area contributed by atoms with Gasteiger partial charge in [-0.05, 0) is 136 Å². The Hall–Kier alpha value is -6.32. The molecule has 0 aromatic heterocycles. The minimum Gasteiger partial charge on any atom is -0.311 e. The van der Waals surface area contributed by atoms with Gasteiger partial charge in [0.2, 0.25) is 0 Å². The van der Waals surface area contributed by atoms with Crippen molar-refractivity contribution < 1.29 is 35.6 Å². The predicted molar refractivity (Wildman–Crippen MR) is 287 cm³/mol. The van der Waals surface area contributed by atoms with E-state index in [9.17, 15) is 28.8 Å². The first-order valence-electron chi connectivity index (χ1n) is 35.0. The van der Waals surface area contributed by atoms with E-state index in [1.54, 1.807) is 83.1 Å². The summed E-state index contributed by atoms with van der Waals surface area (Å²) in [6, 6.07) is -16.7. The van der Waals surface area contributed by atoms with Crippen LogP contribution in [-0.4, -0.2) is 6.71 Å². The van der Waals surface area contributed by atoms with Crippen molar-refractivity contribution in [3.8, 4) is 0 Å². The maximum atomic E-state index is 10.5. The first-order chi connectivity index (χ1) is 42.1. The highest BCUT2D eigenvalue weighted by atomic mass is 15.2. The van der Waals surface area contributed by atoms with Gasteiger partial charge in [0, 0.05) is 40.0 Å². The number of benzene rings is 8. The summed E-state index contributed by atoms with van der Waals surface area (Å²) in [5.41, 5.74) is -9.49. The Morgan fingerprint density at radius 2 is 0.833 bits per heavy atom. The van der Waals surface area contributed by atoms with Gasteiger partial charge in [-0.1, -0.05) is 204 Å². The summed E-state index contributed by atoms with van der Waals surface area (Å²) in [6.07, 6.45) is 0. The SMILES string of the molecule is [2H]c1c([2H])c([2H])c(C(c2cc3c4c(c2)N(c2c([2H])c([2H])c(C(C)(C)C)c([2H])c2[2H])c2c([2H])c([2H])c(C(C)(C)C)c([2H])c2B4c2c([2H])c(C(C)(C)C)c([2H])c([2H])c2N3c2c([2H])c([2H])c(C(C)(C)C)c([2H])c2[2H])c2c([2H])c([2H])c([2H])c3c([2H])c([2H])c([2H])c([2H])c23)c([2H])c1[2H]. The molecule has 2 aliphatic heterocycles. The second-order valence-electron chi connectivity index (χ2n) is 21.1. The van der Waals surface area contributed by atoms with E-state index in [0.29, 0.717) is 0 Å². The van der Waals surface area contributed by atoms with Crippen molar-refractivity contribution in [3.63, 3.8) is 0 Å². The molecular weight excluding hydrogens is 796 g/mol. The fourth-order valence-electron chi connectivity index (χ4n) is 8.48. The van der Waals surface area contributed by atoms with Crippen LogP contribution in [0, 0.1) is 0 Å². The van der Waals surface area contributed by atoms with Crippen molar-refractivity contribution in [1.82, 2.24) is 0 Å². The largest absolute Gasteiger partial charge is 0.311 e. The lowest BCUT2D eigenvalue weighted by Crippen LogP contribution is -2.61. The van der Waals surface area contributed by atoms with Gasteiger partial charge in [-0.3, -0.25) is 0 Å². The van der Waals surface area contributed by atoms with Crippen LogP contribution in [0.5, 0.6) is 0 Å². The zero-order valence-electron chi connectivity index (χ0n) is 65.2. The molecule has 1 unspecified atom stereocenters. The fraction of sp³-hybridized carbons (Fsp3) is 0.270. The zero-order valence-corrected chi connectivity index (χ0v) is 39.2. The Labute approximate surface area is 432 Å². The molecule has 2 aliphatic rings. The summed E-state index contributed by atoms with van der Waals surface area (Å²) in [5, 5.41) is -1.22. The number of rotatable bonds is 5. The molecule has 0 radical (unpaired) electrons. The average Bonchev–Trinajstić information content (AvgIpc) is 0.673. The minimum atomic E-state index is -2.16. The van der Waals surface area contributed by atoms with Gasteiger partial charge >= 0.3 is 0 Å². The van der Waals surface area contributed by atoms with Crippen LogP contribution in [0.2, 0.25) is 0 Å². The summed E-state index contributed by atoms with van der Waals surface area (Å²) >= 11 is 0. The van der Waals surface area contributed by atoms with Crippen LogP contribution in [0.3, 0.4) is 0 Å². The number of hydrogen-bond acceptors (Lipinski definition) is 2. The Morgan fingerprint density at radius 3 is 1.30 bits per heavy atom. The molecule has 2 heterocycles. The summed E-state index contributed by atoms with van der Waals surface area (Å²) in [7, 11) is 0. The maximum absolute atomic E-state index is 10.5. The van der Waals surface area contributed by atoms with Crippen LogP contribution in [0.1, 0.15) is 164 Å². The summed E-state index contributed by atoms with van der Waals surface area (Å²) in [6.45, 7) is 18.6. The van der Waals surface area contributed by atoms with Crippen molar-refractivity contribution in [3.05, 3.63) is 208 Å². The molecule has 0 aliphatic carbocycles. The topological polar surface area (TPSA) is 6.48 Å². The van der Waals surface area contributed by atoms with Crippen molar-refractivity contribution in [2.75, 3.05) is 9.80 Å². The zero-order chi connectivity index (χ0) is 69.1. The van der Waals surface area contributed by atoms with Gasteiger partial charge in [-0.15, -0.1) is 0 Å². The number of hydrogen-bond donors (Lipinski definition) is 0. The van der Waals surface area contributed by atoms with Gasteiger partial charge in [0.05, 0.1) is 35.6 Å². The van der Waals surface area contributed by atoms with Crippen molar-refractivity contribution in [1.29, 1.82) is 0 Å². The standard InChI is InChI=1S/C63H65BN2/c1-60(2,3)44-25-31-48(32-26-44)65-54-35-29-46(62(7,8)9)39-52(54)64-53-40-47(63(10,11)12)30-36-55(53)66(49-33-27-45(28-34-49)61(4,5)6)57-38-43(37-56(65)59(57)64)58(42-20-14-13-15-21-42)51-24-18-22-41-19-16-17-23-50(41)51/h13-40,58H,1-12H3/i13D,14D,15D,16D,17D,18D,19D,20D,21D,22D,23D,24D,25D,26D,27D,28D,29D,30D,31D,32D,33D,34D,35D,36D,39D,40D. The van der Waals surface area contributed by atoms with Crippen LogP contribution >= 0.6 is 0 Å². The molecule has 0 fully saturated rings. The lowest BCUT2D eigenvalue weighted by molar-refractivity contribution is 0.590. The highest BCUT2D eigenvalue weighted by Gasteiger charge is 2.45. The van der Waals surface area contributed by atoms with Gasteiger partial charge < -0.3 is 9.80 Å². The van der Waals surface area contributed by atoms with Crippen LogP contribution in [-0.2, 0) is 21.7 Å². The highest BCUT2D eigenvalue weighted by molar-refractivity contribution is 7.00. The number of fused-ring (bicyclic) bond motifs is 5. The van der Waals surface area contributed by atoms with Crippen molar-refractivity contribution >= 4 is 68.0 Å². The van der Waals surface area contributed by atoms with E-state index in [-0.39, 0.29) is 55.6 Å². The summed E-state index contributed by atoms with van der Waals surface area (Å²) < 4.78 is 252. The number of anilines is 6. The second-order valence-corrected chi connectivity index (χ2v) is 21.1. The molecule has 10 rings (SSSR count). The Bertz CT molecular complexity index is 4380. The van der Waals surface area contributed by atoms with E-state index < -0.39 is 236 Å². The Kier molecular flexibility index (Phi) is 5.44. The van der Waals surface area contributed by atoms with Crippen molar-refractivity contribution in [2.24, 2.45) is 0 Å². The van der Waals surface area contributed by atoms with Gasteiger partial charge in [-0.2, -0.15) is 0 Å². The van der Waals surface area contributed by atoms with E-state index in [0.717, 1.165) is 9.80 Å². The van der Waals surface area contributed by atoms with Gasteiger partial charge in [-0.25, -0.2) is 0 Å². The predicted octanol–water partition coefficient (Wildman–Crippen LogP) is 15.3. The average molecular weight is 887 g/mol. The highest BCUT2D eigenvalue weighted by Crippen LogP contribution is 2.48. The molecule has 0 saturated heterocycles. The van der Waals surface area contributed by atoms with E-state index in [1.165, 1.54) is 12.1 Å². The smallest absolute Gasteiger partial charge is 0.252 e. The van der Waals surface area contributed by atoms with Crippen LogP contribution in [0.4, 0.5) is 34.1 Å². The molecule has 66 heavy (non-hydrogen) atoms. The lowest BCUT2D eigenvalue weighted by atomic mass is 9.33. The first kappa shape index (κ1) is 22.9. The third-order valence-electron chi connectivity index (χ3n) is 12.0. The quantitative estimate of drug-likeness (QED) is 0.125. The number of nitrogens with zero attached hydrogens (tertiary/aromatic N) is 2. The molecule has 0 amide bonds. The molecule has 0 bridgehead atoms. The molecule has 2 nitrogen and oxygen atoms in total. The first-order valence-corrected chi connectivity index (χ1v) is 22.0. The Morgan fingerprint density at radius 1 is 0.409 bits per heavy atom. The molecule has 8 aromatic carbocycles. The monoisotopic (exact) mass is 887 g/mol. The van der Waals surface area contributed by atoms with Crippen LogP contribution in [0.15, 0.2) is 169 Å². The molecule has 0 spiro atoms. The van der Waals surface area contributed by atoms with E-state index >= 15 is 0 Å². The Balaban J connectivity index is 1.62. The molecule has 8 aromatic rings. The minimum absolute atomic E-state index is 0.0118. The molecule has 3 heteroatoms. The van der Waals surface area contributed by atoms with Gasteiger partial charge in [0.15, 0.2) is 0 Å². The normalized spacial score (nSPS) is 19.7. The van der Waals surface area contributed by atoms with Gasteiger partial charge in [0.1, 0.15) is 0 Å². The third kappa shape index (κ3) is 7.55. The summed E-state index contributed by atoms with van der Waals surface area (Å²) in [4.78, 5) is 2.21. The molecule has 0 saturated carbocycles. The van der Waals surface area contributed by atoms with Gasteiger partial charge in [0.25, 0.3) is 6.71 Å². The molecule has 0 N–H and O–H groups in total. The second kappa shape index (κ2) is 15.7. The van der Waals surface area contributed by atoms with E-state index in [1.807, 2.05) is 0 Å². The van der Waals surface area contributed by atoms with E-state index in [2.05, 4.69) is 0 Å². The van der Waals surface area contributed by atoms with Crippen LogP contribution < -0.4 is 26.2 Å². The molecule has 1 atom stereocenters. The molecule has 330 valence electrons. The van der Waals surface area contributed by atoms with Crippen LogP contribution in [0.25, 0.3) is 10.8 Å². The lowest BCUT2D eigenvalue weighted by Gasteiger charge is -2.45. The summed E-state index contributed by atoms with van der Waals surface area (Å²) in [5.74, 6) is -2.16. The third-order valence-corrected chi connectivity index (χ3v) is 12.0. The maximum Gasteiger partial charge on any atom is 0.252 e. The van der Waals surface area contributed by atoms with E-state index in [4.69, 9.17) is 6.85 Å². The fourth-order valence-corrected chi connectivity index (χ4v) is 8.48.